The topological polar surface area (TPSA) is 111 Å². The number of nitrogens with zero attached hydrogens (tertiary/aromatic N) is 4. The normalized spacial score (nSPS) is 11.5. The first-order valence-corrected chi connectivity index (χ1v) is 12.3. The number of ether oxygens (including phenoxy) is 1. The Morgan fingerprint density at radius 2 is 1.69 bits per heavy atom. The zero-order valence-electron chi connectivity index (χ0n) is 20.1. The monoisotopic (exact) mass is 502 g/mol. The fraction of sp³-hybridized carbons (Fsp3) is 0.192. The molecule has 4 aromatic rings. The molecule has 0 fully saturated rings. The molecule has 0 aliphatic heterocycles. The number of hydrogen-bond donors (Lipinski definition) is 2. The molecule has 0 aliphatic rings. The molecule has 0 spiro atoms. The van der Waals surface area contributed by atoms with Crippen LogP contribution >= 0.6 is 11.8 Å². The Bertz CT molecular complexity index is 1320. The van der Waals surface area contributed by atoms with Gasteiger partial charge in [0.1, 0.15) is 5.75 Å². The number of anilines is 2. The molecule has 2 N–H and O–H groups in total. The van der Waals surface area contributed by atoms with E-state index >= 15 is 0 Å². The van der Waals surface area contributed by atoms with Crippen LogP contribution < -0.4 is 15.4 Å². The van der Waals surface area contributed by atoms with E-state index in [1.54, 1.807) is 36.7 Å². The zero-order valence-corrected chi connectivity index (χ0v) is 21.0. The average molecular weight is 503 g/mol. The summed E-state index contributed by atoms with van der Waals surface area (Å²) < 4.78 is 7.48. The van der Waals surface area contributed by atoms with Crippen LogP contribution in [0.25, 0.3) is 17.1 Å². The van der Waals surface area contributed by atoms with Crippen molar-refractivity contribution in [3.05, 3.63) is 73.1 Å². The lowest BCUT2D eigenvalue weighted by atomic mass is 10.2. The van der Waals surface area contributed by atoms with Gasteiger partial charge in [-0.3, -0.25) is 19.1 Å². The Kier molecular flexibility index (Phi) is 7.96. The standard InChI is InChI=1S/C26H26N6O3S/c1-4-35-23-13-11-22(12-14-23)32-24(19-6-5-15-27-16-19)30-31-26(32)36-17(2)25(34)29-21-9-7-20(8-10-21)28-18(3)33/h5-17H,4H2,1-3H3,(H,28,33)(H,29,34). The van der Waals surface area contributed by atoms with Crippen molar-refractivity contribution in [1.82, 2.24) is 19.7 Å². The van der Waals surface area contributed by atoms with Crippen LogP contribution in [0.2, 0.25) is 0 Å². The van der Waals surface area contributed by atoms with Crippen LogP contribution in [0.5, 0.6) is 5.75 Å². The highest BCUT2D eigenvalue weighted by Crippen LogP contribution is 2.31. The lowest BCUT2D eigenvalue weighted by Crippen LogP contribution is -2.23. The van der Waals surface area contributed by atoms with Gasteiger partial charge >= 0.3 is 0 Å². The number of hydrogen-bond acceptors (Lipinski definition) is 7. The Morgan fingerprint density at radius 3 is 2.31 bits per heavy atom. The van der Waals surface area contributed by atoms with Crippen molar-refractivity contribution in [2.45, 2.75) is 31.2 Å². The van der Waals surface area contributed by atoms with Crippen molar-refractivity contribution in [2.24, 2.45) is 0 Å². The van der Waals surface area contributed by atoms with Crippen LogP contribution in [0.1, 0.15) is 20.8 Å². The molecule has 0 radical (unpaired) electrons. The summed E-state index contributed by atoms with van der Waals surface area (Å²) in [7, 11) is 0. The van der Waals surface area contributed by atoms with Crippen LogP contribution in [0.4, 0.5) is 11.4 Å². The molecule has 0 bridgehead atoms. The quantitative estimate of drug-likeness (QED) is 0.316. The van der Waals surface area contributed by atoms with Crippen LogP contribution in [-0.4, -0.2) is 43.4 Å². The largest absolute Gasteiger partial charge is 0.494 e. The predicted molar refractivity (Wildman–Crippen MR) is 140 cm³/mol. The van der Waals surface area contributed by atoms with Gasteiger partial charge in [-0.15, -0.1) is 10.2 Å². The minimum Gasteiger partial charge on any atom is -0.494 e. The van der Waals surface area contributed by atoms with E-state index in [9.17, 15) is 9.59 Å². The summed E-state index contributed by atoms with van der Waals surface area (Å²) in [5.41, 5.74) is 2.94. The number of aromatic nitrogens is 4. The summed E-state index contributed by atoms with van der Waals surface area (Å²) in [6.45, 7) is 5.77. The van der Waals surface area contributed by atoms with Crippen LogP contribution in [0.15, 0.2) is 78.2 Å². The zero-order chi connectivity index (χ0) is 25.5. The molecule has 2 heterocycles. The predicted octanol–water partition coefficient (Wildman–Crippen LogP) is 4.81. The van der Waals surface area contributed by atoms with E-state index in [4.69, 9.17) is 4.74 Å². The van der Waals surface area contributed by atoms with Gasteiger partial charge in [0.25, 0.3) is 0 Å². The third-order valence-corrected chi connectivity index (χ3v) is 6.13. The molecule has 9 nitrogen and oxygen atoms in total. The van der Waals surface area contributed by atoms with Gasteiger partial charge in [-0.05, 0) is 74.5 Å². The smallest absolute Gasteiger partial charge is 0.237 e. The van der Waals surface area contributed by atoms with Gasteiger partial charge < -0.3 is 15.4 Å². The van der Waals surface area contributed by atoms with Gasteiger partial charge in [0.2, 0.25) is 11.8 Å². The summed E-state index contributed by atoms with van der Waals surface area (Å²) in [6, 6.07) is 18.3. The molecule has 36 heavy (non-hydrogen) atoms. The van der Waals surface area contributed by atoms with Crippen molar-refractivity contribution < 1.29 is 14.3 Å². The van der Waals surface area contributed by atoms with Crippen molar-refractivity contribution in [2.75, 3.05) is 17.2 Å². The average Bonchev–Trinajstić information content (AvgIpc) is 3.29. The first-order chi connectivity index (χ1) is 17.4. The summed E-state index contributed by atoms with van der Waals surface area (Å²) in [6.07, 6.45) is 3.43. The van der Waals surface area contributed by atoms with Gasteiger partial charge in [-0.2, -0.15) is 0 Å². The minimum atomic E-state index is -0.465. The fourth-order valence-electron chi connectivity index (χ4n) is 3.41. The number of amides is 2. The summed E-state index contributed by atoms with van der Waals surface area (Å²) >= 11 is 1.30. The Balaban J connectivity index is 1.56. The number of nitrogens with one attached hydrogen (secondary N) is 2. The highest BCUT2D eigenvalue weighted by atomic mass is 32.2. The van der Waals surface area contributed by atoms with Crippen LogP contribution in [0.3, 0.4) is 0 Å². The first-order valence-electron chi connectivity index (χ1n) is 11.4. The van der Waals surface area contributed by atoms with Crippen molar-refractivity contribution in [3.8, 4) is 22.8 Å². The van der Waals surface area contributed by atoms with Crippen LogP contribution in [0, 0.1) is 0 Å². The van der Waals surface area contributed by atoms with Gasteiger partial charge in [0, 0.05) is 41.9 Å². The molecular formula is C26H26N6O3S. The van der Waals surface area contributed by atoms with E-state index in [0.29, 0.717) is 29.0 Å². The molecule has 10 heteroatoms. The molecule has 0 saturated carbocycles. The Hall–Kier alpha value is -4.18. The van der Waals surface area contributed by atoms with Crippen molar-refractivity contribution in [1.29, 1.82) is 0 Å². The molecule has 2 amide bonds. The summed E-state index contributed by atoms with van der Waals surface area (Å²) in [5.74, 6) is 1.05. The molecule has 2 aromatic heterocycles. The molecule has 0 aliphatic carbocycles. The van der Waals surface area contributed by atoms with Gasteiger partial charge in [-0.25, -0.2) is 0 Å². The molecule has 2 aromatic carbocycles. The first kappa shape index (κ1) is 24.9. The summed E-state index contributed by atoms with van der Waals surface area (Å²) in [5, 5.41) is 14.5. The van der Waals surface area contributed by atoms with Gasteiger partial charge in [0.15, 0.2) is 11.0 Å². The maximum Gasteiger partial charge on any atom is 0.237 e. The number of pyridine rings is 1. The van der Waals surface area contributed by atoms with E-state index in [1.165, 1.54) is 18.7 Å². The number of thioether (sulfide) groups is 1. The van der Waals surface area contributed by atoms with E-state index in [0.717, 1.165) is 17.0 Å². The second kappa shape index (κ2) is 11.5. The molecule has 0 saturated heterocycles. The molecular weight excluding hydrogens is 476 g/mol. The highest BCUT2D eigenvalue weighted by molar-refractivity contribution is 8.00. The number of carbonyl (C=O) groups is 2. The minimum absolute atomic E-state index is 0.154. The molecule has 1 atom stereocenters. The lowest BCUT2D eigenvalue weighted by Gasteiger charge is -2.14. The van der Waals surface area contributed by atoms with Crippen molar-refractivity contribution in [3.63, 3.8) is 0 Å². The number of carbonyl (C=O) groups excluding carboxylic acids is 2. The highest BCUT2D eigenvalue weighted by Gasteiger charge is 2.22. The third-order valence-electron chi connectivity index (χ3n) is 5.08. The SMILES string of the molecule is CCOc1ccc(-n2c(SC(C)C(=O)Nc3ccc(NC(C)=O)cc3)nnc2-c2cccnc2)cc1. The second-order valence-corrected chi connectivity index (χ2v) is 9.13. The maximum atomic E-state index is 12.9. The van der Waals surface area contributed by atoms with E-state index in [-0.39, 0.29) is 11.8 Å². The molecule has 1 unspecified atom stereocenters. The third kappa shape index (κ3) is 6.08. The molecule has 184 valence electrons. The number of benzene rings is 2. The van der Waals surface area contributed by atoms with E-state index < -0.39 is 5.25 Å². The Morgan fingerprint density at radius 1 is 1.00 bits per heavy atom. The molecule has 4 rings (SSSR count). The van der Waals surface area contributed by atoms with E-state index in [2.05, 4.69) is 25.8 Å². The lowest BCUT2D eigenvalue weighted by molar-refractivity contribution is -0.115. The van der Waals surface area contributed by atoms with Crippen molar-refractivity contribution >= 4 is 35.0 Å². The van der Waals surface area contributed by atoms with Crippen LogP contribution in [-0.2, 0) is 9.59 Å². The second-order valence-electron chi connectivity index (χ2n) is 7.82. The van der Waals surface area contributed by atoms with E-state index in [1.807, 2.05) is 54.8 Å². The maximum absolute atomic E-state index is 12.9. The van der Waals surface area contributed by atoms with Gasteiger partial charge in [-0.1, -0.05) is 11.8 Å². The Labute approximate surface area is 213 Å². The fourth-order valence-corrected chi connectivity index (χ4v) is 4.28. The summed E-state index contributed by atoms with van der Waals surface area (Å²) in [4.78, 5) is 28.3. The van der Waals surface area contributed by atoms with Gasteiger partial charge in [0.05, 0.1) is 11.9 Å². The number of rotatable bonds is 9.